The molecule has 9 nitrogen and oxygen atoms in total. The Morgan fingerprint density at radius 1 is 1.11 bits per heavy atom. The lowest BCUT2D eigenvalue weighted by molar-refractivity contribution is -0.121. The summed E-state index contributed by atoms with van der Waals surface area (Å²) in [6, 6.07) is 6.34. The summed E-state index contributed by atoms with van der Waals surface area (Å²) in [6.07, 6.45) is 4.35. The number of carbonyl (C=O) groups excluding carboxylic acids is 2. The van der Waals surface area contributed by atoms with Gasteiger partial charge >= 0.3 is 6.09 Å². The molecule has 1 aromatic carbocycles. The van der Waals surface area contributed by atoms with E-state index in [1.165, 1.54) is 27.8 Å². The molecule has 0 spiro atoms. The van der Waals surface area contributed by atoms with E-state index < -0.39 is 6.09 Å². The van der Waals surface area contributed by atoms with Gasteiger partial charge in [0.05, 0.1) is 24.7 Å². The number of pyridine rings is 1. The number of anilines is 1. The van der Waals surface area contributed by atoms with Gasteiger partial charge in [0.25, 0.3) is 5.56 Å². The molecule has 1 amide bonds. The Bertz CT molecular complexity index is 1370. The monoisotopic (exact) mass is 480 g/mol. The lowest BCUT2D eigenvalue weighted by Gasteiger charge is -2.17. The predicted molar refractivity (Wildman–Crippen MR) is 125 cm³/mol. The van der Waals surface area contributed by atoms with Crippen molar-refractivity contribution in [1.29, 1.82) is 0 Å². The molecule has 4 heterocycles. The maximum Gasteiger partial charge on any atom is 0.415 e. The minimum Gasteiger partial charge on any atom is -0.468 e. The standard InChI is InChI=1S/C25H25FN4O5/c1-29-22(32)10-8-15-7-9-19(26)18(23(15)29)6-4-2-3-5-17-13-30(25(33)35-17)21-12-27-24-20(28-21)11-16(31)14-34-24/h7-10,12,17H,2-6,11,13-14H2,1H3/t17-/m1/s1. The normalized spacial score (nSPS) is 17.4. The van der Waals surface area contributed by atoms with E-state index in [2.05, 4.69) is 9.97 Å². The number of aryl methyl sites for hydroxylation is 2. The molecule has 0 unspecified atom stereocenters. The van der Waals surface area contributed by atoms with Gasteiger partial charge in [-0.2, -0.15) is 0 Å². The van der Waals surface area contributed by atoms with Gasteiger partial charge in [-0.1, -0.05) is 6.42 Å². The molecule has 10 heteroatoms. The molecule has 2 aliphatic heterocycles. The fourth-order valence-corrected chi connectivity index (χ4v) is 4.65. The molecule has 35 heavy (non-hydrogen) atoms. The number of rotatable bonds is 7. The second-order valence-corrected chi connectivity index (χ2v) is 8.89. The molecule has 1 saturated heterocycles. The van der Waals surface area contributed by atoms with E-state index in [1.54, 1.807) is 19.2 Å². The van der Waals surface area contributed by atoms with Crippen molar-refractivity contribution in [3.05, 3.63) is 57.9 Å². The topological polar surface area (TPSA) is 104 Å². The van der Waals surface area contributed by atoms with Crippen LogP contribution in [0.15, 0.2) is 35.3 Å². The molecule has 0 bridgehead atoms. The summed E-state index contributed by atoms with van der Waals surface area (Å²) in [5.74, 6) is 0.264. The predicted octanol–water partition coefficient (Wildman–Crippen LogP) is 3.10. The minimum absolute atomic E-state index is 0.0138. The molecule has 3 aromatic rings. The van der Waals surface area contributed by atoms with Crippen LogP contribution in [0.4, 0.5) is 15.0 Å². The van der Waals surface area contributed by atoms with Crippen LogP contribution in [-0.2, 0) is 29.4 Å². The molecule has 182 valence electrons. The summed E-state index contributed by atoms with van der Waals surface area (Å²) in [5.41, 5.74) is 1.44. The first kappa shape index (κ1) is 22.9. The van der Waals surface area contributed by atoms with Crippen molar-refractivity contribution in [1.82, 2.24) is 14.5 Å². The summed E-state index contributed by atoms with van der Waals surface area (Å²) in [6.45, 7) is 0.335. The molecule has 5 rings (SSSR count). The zero-order chi connectivity index (χ0) is 24.5. The third-order valence-electron chi connectivity index (χ3n) is 6.46. The van der Waals surface area contributed by atoms with Crippen molar-refractivity contribution >= 4 is 28.6 Å². The highest BCUT2D eigenvalue weighted by Crippen LogP contribution is 2.27. The molecule has 1 fully saturated rings. The first-order valence-electron chi connectivity index (χ1n) is 11.7. The number of fused-ring (bicyclic) bond motifs is 2. The van der Waals surface area contributed by atoms with Gasteiger partial charge in [-0.25, -0.2) is 19.2 Å². The first-order chi connectivity index (χ1) is 16.9. The molecule has 2 aromatic heterocycles. The summed E-state index contributed by atoms with van der Waals surface area (Å²) < 4.78 is 26.8. The van der Waals surface area contributed by atoms with Gasteiger partial charge < -0.3 is 14.0 Å². The van der Waals surface area contributed by atoms with Crippen LogP contribution in [-0.4, -0.2) is 45.7 Å². The van der Waals surface area contributed by atoms with E-state index in [9.17, 15) is 18.8 Å². The van der Waals surface area contributed by atoms with E-state index in [0.29, 0.717) is 47.9 Å². The molecule has 0 N–H and O–H groups in total. The number of amides is 1. The summed E-state index contributed by atoms with van der Waals surface area (Å²) >= 11 is 0. The van der Waals surface area contributed by atoms with Crippen molar-refractivity contribution in [2.24, 2.45) is 7.05 Å². The Morgan fingerprint density at radius 3 is 2.80 bits per heavy atom. The third kappa shape index (κ3) is 4.60. The van der Waals surface area contributed by atoms with E-state index in [1.807, 2.05) is 0 Å². The fraction of sp³-hybridized carbons (Fsp3) is 0.400. The zero-order valence-corrected chi connectivity index (χ0v) is 19.3. The Morgan fingerprint density at radius 2 is 1.94 bits per heavy atom. The maximum atomic E-state index is 14.5. The molecule has 0 saturated carbocycles. The van der Waals surface area contributed by atoms with Gasteiger partial charge in [-0.3, -0.25) is 14.5 Å². The molecule has 1 atom stereocenters. The third-order valence-corrected chi connectivity index (χ3v) is 6.46. The highest BCUT2D eigenvalue weighted by atomic mass is 19.1. The van der Waals surface area contributed by atoms with E-state index in [4.69, 9.17) is 9.47 Å². The Balaban J connectivity index is 1.15. The average Bonchev–Trinajstić information content (AvgIpc) is 3.22. The molecular formula is C25H25FN4O5. The van der Waals surface area contributed by atoms with Crippen LogP contribution < -0.4 is 15.2 Å². The number of ketones is 1. The lowest BCUT2D eigenvalue weighted by Crippen LogP contribution is -2.28. The second-order valence-electron chi connectivity index (χ2n) is 8.89. The first-order valence-corrected chi connectivity index (χ1v) is 11.7. The van der Waals surface area contributed by atoms with Gasteiger partial charge in [0.1, 0.15) is 24.2 Å². The number of carbonyl (C=O) groups is 2. The van der Waals surface area contributed by atoms with E-state index in [-0.39, 0.29) is 36.3 Å². The van der Waals surface area contributed by atoms with Crippen molar-refractivity contribution in [2.75, 3.05) is 18.1 Å². The number of hydrogen-bond acceptors (Lipinski definition) is 7. The number of halogens is 1. The van der Waals surface area contributed by atoms with Crippen LogP contribution >= 0.6 is 0 Å². The van der Waals surface area contributed by atoms with Crippen LogP contribution in [0.25, 0.3) is 10.9 Å². The summed E-state index contributed by atoms with van der Waals surface area (Å²) in [4.78, 5) is 46.0. The summed E-state index contributed by atoms with van der Waals surface area (Å²) in [5, 5.41) is 0.836. The molecule has 0 aliphatic carbocycles. The number of cyclic esters (lactones) is 1. The molecule has 2 aliphatic rings. The van der Waals surface area contributed by atoms with E-state index >= 15 is 0 Å². The quantitative estimate of drug-likeness (QED) is 0.479. The maximum absolute atomic E-state index is 14.5. The Hall–Kier alpha value is -3.82. The van der Waals surface area contributed by atoms with Crippen LogP contribution in [0, 0.1) is 5.82 Å². The fourth-order valence-electron chi connectivity index (χ4n) is 4.65. The number of Topliss-reactive ketones (excluding diaryl/α,β-unsaturated/α-hetero) is 1. The Labute approximate surface area is 200 Å². The number of benzene rings is 1. The smallest absolute Gasteiger partial charge is 0.415 e. The van der Waals surface area contributed by atoms with Gasteiger partial charge in [0.15, 0.2) is 11.6 Å². The molecular weight excluding hydrogens is 455 g/mol. The largest absolute Gasteiger partial charge is 0.468 e. The average molecular weight is 480 g/mol. The van der Waals surface area contributed by atoms with Gasteiger partial charge in [0, 0.05) is 18.7 Å². The number of hydrogen-bond donors (Lipinski definition) is 0. The van der Waals surface area contributed by atoms with E-state index in [0.717, 1.165) is 24.6 Å². The number of aromatic nitrogens is 3. The van der Waals surface area contributed by atoms with Crippen molar-refractivity contribution in [3.63, 3.8) is 0 Å². The minimum atomic E-state index is -0.494. The van der Waals surface area contributed by atoms with Gasteiger partial charge in [-0.05, 0) is 49.3 Å². The van der Waals surface area contributed by atoms with Crippen molar-refractivity contribution in [2.45, 2.75) is 44.6 Å². The van der Waals surface area contributed by atoms with Gasteiger partial charge in [-0.15, -0.1) is 0 Å². The zero-order valence-electron chi connectivity index (χ0n) is 19.3. The highest BCUT2D eigenvalue weighted by Gasteiger charge is 2.34. The lowest BCUT2D eigenvalue weighted by atomic mass is 10.0. The number of unbranched alkanes of at least 4 members (excludes halogenated alkanes) is 2. The van der Waals surface area contributed by atoms with Crippen LogP contribution in [0.5, 0.6) is 5.88 Å². The SMILES string of the molecule is Cn1c(=O)ccc2ccc(F)c(CCCCC[C@@H]3CN(c4cnc5c(n4)CC(=O)CO5)C(=O)O3)c21. The van der Waals surface area contributed by atoms with Crippen molar-refractivity contribution < 1.29 is 23.5 Å². The van der Waals surface area contributed by atoms with Crippen LogP contribution in [0.2, 0.25) is 0 Å². The van der Waals surface area contributed by atoms with Crippen molar-refractivity contribution in [3.8, 4) is 5.88 Å². The van der Waals surface area contributed by atoms with Crippen LogP contribution in [0.3, 0.4) is 0 Å². The number of nitrogens with zero attached hydrogens (tertiary/aromatic N) is 4. The number of ether oxygens (including phenoxy) is 2. The second kappa shape index (κ2) is 9.44. The Kier molecular flexibility index (Phi) is 6.19. The molecule has 0 radical (unpaired) electrons. The summed E-state index contributed by atoms with van der Waals surface area (Å²) in [7, 11) is 1.66. The highest BCUT2D eigenvalue weighted by molar-refractivity contribution is 5.89. The van der Waals surface area contributed by atoms with Gasteiger partial charge in [0.2, 0.25) is 5.88 Å². The van der Waals surface area contributed by atoms with Crippen LogP contribution in [0.1, 0.15) is 36.9 Å².